The molecular formula is C45H56N2O3Zn. The fourth-order valence-electron chi connectivity index (χ4n) is 6.50. The van der Waals surface area contributed by atoms with Crippen molar-refractivity contribution in [2.24, 2.45) is 9.98 Å². The van der Waals surface area contributed by atoms with Crippen molar-refractivity contribution in [2.45, 2.75) is 124 Å². The number of ether oxygens (including phenoxy) is 1. The molecular weight excluding hydrogens is 682 g/mol. The molecule has 1 heterocycles. The molecule has 0 fully saturated rings. The van der Waals surface area contributed by atoms with Crippen LogP contribution in [0, 0.1) is 0 Å². The minimum Gasteiger partial charge on any atom is -0.507 e. The number of benzene rings is 4. The van der Waals surface area contributed by atoms with Gasteiger partial charge >= 0.3 is 0 Å². The first-order valence-electron chi connectivity index (χ1n) is 17.7. The Kier molecular flexibility index (Phi) is 10.7. The van der Waals surface area contributed by atoms with Crippen LogP contribution in [0.25, 0.3) is 0 Å². The Labute approximate surface area is 319 Å². The average molecular weight is 738 g/mol. The van der Waals surface area contributed by atoms with Crippen LogP contribution in [-0.2, 0) is 46.6 Å². The topological polar surface area (TPSA) is 74.4 Å². The molecule has 0 aliphatic carbocycles. The molecule has 5 nitrogen and oxygen atoms in total. The number of phenols is 2. The zero-order valence-electron chi connectivity index (χ0n) is 33.3. The van der Waals surface area contributed by atoms with Crippen molar-refractivity contribution >= 4 is 23.8 Å². The molecule has 0 saturated carbocycles. The van der Waals surface area contributed by atoms with E-state index >= 15 is 0 Å². The third-order valence-corrected chi connectivity index (χ3v) is 9.85. The van der Waals surface area contributed by atoms with Crippen molar-refractivity contribution in [3.8, 4) is 23.0 Å². The van der Waals surface area contributed by atoms with Crippen LogP contribution in [0.15, 0.2) is 70.6 Å². The fourth-order valence-corrected chi connectivity index (χ4v) is 6.50. The van der Waals surface area contributed by atoms with Crippen LogP contribution < -0.4 is 4.74 Å². The Balaban J connectivity index is 0.00000583. The minimum absolute atomic E-state index is 0. The summed E-state index contributed by atoms with van der Waals surface area (Å²) in [7, 11) is 0. The number of hydrogen-bond donors (Lipinski definition) is 2. The smallest absolute Gasteiger partial charge is 0.157 e. The number of aromatic hydroxyl groups is 2. The van der Waals surface area contributed by atoms with E-state index in [0.717, 1.165) is 33.4 Å². The molecule has 4 aromatic rings. The minimum atomic E-state index is -0.401. The van der Waals surface area contributed by atoms with Crippen molar-refractivity contribution in [1.82, 2.24) is 0 Å². The Morgan fingerprint density at radius 1 is 0.549 bits per heavy atom. The van der Waals surface area contributed by atoms with E-state index in [-0.39, 0.29) is 52.6 Å². The first kappa shape index (κ1) is 40.0. The van der Waals surface area contributed by atoms with E-state index < -0.39 is 5.41 Å². The third-order valence-electron chi connectivity index (χ3n) is 9.85. The fraction of sp³-hybridized carbons (Fsp3) is 0.422. The number of para-hydroxylation sites is 2. The van der Waals surface area contributed by atoms with E-state index in [2.05, 4.69) is 121 Å². The van der Waals surface area contributed by atoms with E-state index in [1.54, 1.807) is 12.4 Å². The molecule has 6 heteroatoms. The Hall–Kier alpha value is -3.76. The summed E-state index contributed by atoms with van der Waals surface area (Å²) in [5.74, 6) is 1.82. The number of nitrogens with zero attached hydrogens (tertiary/aromatic N) is 2. The predicted octanol–water partition coefficient (Wildman–Crippen LogP) is 12.2. The molecule has 0 radical (unpaired) electrons. The van der Waals surface area contributed by atoms with Gasteiger partial charge in [0, 0.05) is 70.7 Å². The van der Waals surface area contributed by atoms with Crippen LogP contribution in [-0.4, -0.2) is 22.6 Å². The van der Waals surface area contributed by atoms with Gasteiger partial charge in [-0.1, -0.05) is 133 Å². The van der Waals surface area contributed by atoms with Gasteiger partial charge in [0.2, 0.25) is 0 Å². The van der Waals surface area contributed by atoms with Crippen LogP contribution in [0.5, 0.6) is 23.0 Å². The number of aliphatic imine (C=N–C) groups is 2. The van der Waals surface area contributed by atoms with Crippen molar-refractivity contribution in [3.63, 3.8) is 0 Å². The zero-order valence-corrected chi connectivity index (χ0v) is 36.3. The predicted molar refractivity (Wildman–Crippen MR) is 211 cm³/mol. The van der Waals surface area contributed by atoms with Gasteiger partial charge in [0.25, 0.3) is 0 Å². The molecule has 0 saturated heterocycles. The first-order valence-corrected chi connectivity index (χ1v) is 17.7. The summed E-state index contributed by atoms with van der Waals surface area (Å²) in [6.45, 7) is 30.1. The Morgan fingerprint density at radius 2 is 0.902 bits per heavy atom. The van der Waals surface area contributed by atoms with Gasteiger partial charge in [-0.3, -0.25) is 9.98 Å². The van der Waals surface area contributed by atoms with Crippen LogP contribution >= 0.6 is 0 Å². The van der Waals surface area contributed by atoms with E-state index in [4.69, 9.17) is 14.7 Å². The molecule has 1 aliphatic heterocycles. The summed E-state index contributed by atoms with van der Waals surface area (Å²) in [6.07, 6.45) is 3.51. The van der Waals surface area contributed by atoms with Gasteiger partial charge in [0.15, 0.2) is 11.5 Å². The molecule has 0 atom stereocenters. The summed E-state index contributed by atoms with van der Waals surface area (Å²) in [5, 5.41) is 22.8. The molecule has 5 rings (SSSR count). The van der Waals surface area contributed by atoms with Crippen LogP contribution in [0.4, 0.5) is 11.4 Å². The average Bonchev–Trinajstić information content (AvgIpc) is 2.98. The van der Waals surface area contributed by atoms with Crippen LogP contribution in [0.2, 0.25) is 0 Å². The SMILES string of the molecule is CC(C)(C)c1cc(C=Nc2cccc3c2Oc2c(N=Cc4cc(C(C)(C)C)cc(C(C)(C)C)c4O)cccc2C3(C)C)c(O)c(C(C)(C)C)c1.[Zn]. The number of fused-ring (bicyclic) bond motifs is 2. The maximum Gasteiger partial charge on any atom is 0.157 e. The van der Waals surface area contributed by atoms with Gasteiger partial charge in [0.1, 0.15) is 22.9 Å². The second kappa shape index (κ2) is 13.7. The summed E-state index contributed by atoms with van der Waals surface area (Å²) >= 11 is 0. The van der Waals surface area contributed by atoms with Gasteiger partial charge in [-0.25, -0.2) is 0 Å². The molecule has 1 aliphatic rings. The van der Waals surface area contributed by atoms with Crippen LogP contribution in [0.1, 0.15) is 141 Å². The van der Waals surface area contributed by atoms with Gasteiger partial charge in [-0.15, -0.1) is 0 Å². The van der Waals surface area contributed by atoms with Gasteiger partial charge in [-0.05, 0) is 57.1 Å². The summed E-state index contributed by atoms with van der Waals surface area (Å²) in [5.41, 5.74) is 7.70. The quantitative estimate of drug-likeness (QED) is 0.162. The van der Waals surface area contributed by atoms with Gasteiger partial charge < -0.3 is 14.9 Å². The number of rotatable bonds is 4. The molecule has 51 heavy (non-hydrogen) atoms. The molecule has 0 amide bonds. The Bertz CT molecular complexity index is 1870. The summed E-state index contributed by atoms with van der Waals surface area (Å²) < 4.78 is 6.77. The second-order valence-corrected chi connectivity index (χ2v) is 18.5. The normalized spacial score (nSPS) is 14.6. The molecule has 0 bridgehead atoms. The molecule has 2 N–H and O–H groups in total. The number of phenolic OH excluding ortho intramolecular Hbond substituents is 2. The van der Waals surface area contributed by atoms with Crippen molar-refractivity contribution in [2.75, 3.05) is 0 Å². The van der Waals surface area contributed by atoms with Gasteiger partial charge in [0.05, 0.1) is 0 Å². The molecule has 0 unspecified atom stereocenters. The molecule has 266 valence electrons. The third kappa shape index (κ3) is 8.02. The van der Waals surface area contributed by atoms with Crippen molar-refractivity contribution in [1.29, 1.82) is 0 Å². The van der Waals surface area contributed by atoms with Crippen molar-refractivity contribution < 1.29 is 34.4 Å². The van der Waals surface area contributed by atoms with Gasteiger partial charge in [-0.2, -0.15) is 0 Å². The molecule has 0 aromatic heterocycles. The number of hydrogen-bond acceptors (Lipinski definition) is 5. The largest absolute Gasteiger partial charge is 0.507 e. The van der Waals surface area contributed by atoms with E-state index in [1.807, 2.05) is 36.4 Å². The van der Waals surface area contributed by atoms with E-state index in [1.165, 1.54) is 0 Å². The molecule has 4 aromatic carbocycles. The standard InChI is InChI=1S/C45H56N2O3.Zn/c1-41(2,3)29-21-27(37(48)33(23-29)43(7,8)9)25-46-35-19-15-17-31-39(35)50-40-32(45(31,13)14)18-16-20-36(40)47-26-28-22-30(42(4,5)6)24-34(38(28)49)44(10,11)12;/h15-26,48-49H,1-14H3;. The zero-order chi connectivity index (χ0) is 37.2. The first-order chi connectivity index (χ1) is 22.9. The summed E-state index contributed by atoms with van der Waals surface area (Å²) in [4.78, 5) is 9.91. The maximum atomic E-state index is 11.4. The van der Waals surface area contributed by atoms with E-state index in [9.17, 15) is 10.2 Å². The second-order valence-electron chi connectivity index (χ2n) is 18.5. The Morgan fingerprint density at radius 3 is 1.22 bits per heavy atom. The molecule has 0 spiro atoms. The van der Waals surface area contributed by atoms with Crippen molar-refractivity contribution in [3.05, 3.63) is 105 Å². The van der Waals surface area contributed by atoms with Crippen LogP contribution in [0.3, 0.4) is 0 Å². The van der Waals surface area contributed by atoms with E-state index in [0.29, 0.717) is 34.0 Å². The monoisotopic (exact) mass is 736 g/mol. The maximum absolute atomic E-state index is 11.4. The summed E-state index contributed by atoms with van der Waals surface area (Å²) in [6, 6.07) is 20.4.